The van der Waals surface area contributed by atoms with Gasteiger partial charge >= 0.3 is 0 Å². The van der Waals surface area contributed by atoms with Gasteiger partial charge in [0.05, 0.1) is 0 Å². The second kappa shape index (κ2) is 3.56. The Labute approximate surface area is 83.0 Å². The number of hydrogen-bond acceptors (Lipinski definition) is 1. The van der Waals surface area contributed by atoms with Crippen LogP contribution in [0.2, 0.25) is 0 Å². The van der Waals surface area contributed by atoms with Crippen molar-refractivity contribution in [3.63, 3.8) is 0 Å². The van der Waals surface area contributed by atoms with Crippen LogP contribution in [0.25, 0.3) is 0 Å². The van der Waals surface area contributed by atoms with Crippen molar-refractivity contribution >= 4 is 5.71 Å². The number of nitrogens with zero attached hydrogens (tertiary/aromatic N) is 1. The van der Waals surface area contributed by atoms with E-state index in [1.165, 1.54) is 0 Å². The van der Waals surface area contributed by atoms with E-state index in [1.54, 1.807) is 18.3 Å². The average molecular weight is 174 g/mol. The van der Waals surface area contributed by atoms with Gasteiger partial charge in [0.25, 0.3) is 0 Å². The fourth-order valence-electron chi connectivity index (χ4n) is 1.38. The summed E-state index contributed by atoms with van der Waals surface area (Å²) in [6.45, 7) is -2.02. The van der Waals surface area contributed by atoms with Crippen molar-refractivity contribution < 1.29 is 4.11 Å². The SMILES string of the molecule is [2H]C([2H])([2H])c1ccc(C2=NC=CCC2)cc1. The van der Waals surface area contributed by atoms with Gasteiger partial charge in [0.2, 0.25) is 0 Å². The van der Waals surface area contributed by atoms with E-state index in [1.807, 2.05) is 18.2 Å². The molecule has 1 heteroatoms. The Kier molecular flexibility index (Phi) is 1.47. The predicted molar refractivity (Wildman–Crippen MR) is 56.1 cm³/mol. The van der Waals surface area contributed by atoms with Crippen molar-refractivity contribution in [3.8, 4) is 0 Å². The lowest BCUT2D eigenvalue weighted by molar-refractivity contribution is 1.06. The summed E-state index contributed by atoms with van der Waals surface area (Å²) in [5, 5.41) is 0. The minimum atomic E-state index is -2.02. The number of benzene rings is 1. The van der Waals surface area contributed by atoms with E-state index in [4.69, 9.17) is 4.11 Å². The molecule has 0 saturated heterocycles. The number of aliphatic imine (C=N–C) groups is 1. The molecule has 0 aromatic heterocycles. The summed E-state index contributed by atoms with van der Waals surface area (Å²) >= 11 is 0. The molecule has 1 heterocycles. The van der Waals surface area contributed by atoms with Crippen molar-refractivity contribution in [1.82, 2.24) is 0 Å². The van der Waals surface area contributed by atoms with E-state index in [2.05, 4.69) is 4.99 Å². The smallest absolute Gasteiger partial charge is 0.0478 e. The monoisotopic (exact) mass is 174 g/mol. The molecule has 0 amide bonds. The number of allylic oxidation sites excluding steroid dienone is 1. The largest absolute Gasteiger partial charge is 0.261 e. The van der Waals surface area contributed by atoms with Crippen LogP contribution in [0.1, 0.15) is 28.1 Å². The lowest BCUT2D eigenvalue weighted by atomic mass is 10.0. The maximum atomic E-state index is 7.28. The molecule has 0 spiro atoms. The molecule has 0 bridgehead atoms. The average Bonchev–Trinajstić information content (AvgIpc) is 2.29. The second-order valence-corrected chi connectivity index (χ2v) is 3.08. The Hall–Kier alpha value is -1.37. The first-order valence-electron chi connectivity index (χ1n) is 5.90. The molecule has 0 N–H and O–H groups in total. The highest BCUT2D eigenvalue weighted by Gasteiger charge is 2.03. The topological polar surface area (TPSA) is 12.4 Å². The van der Waals surface area contributed by atoms with Gasteiger partial charge in [-0.2, -0.15) is 0 Å². The molecular formula is C12H13N. The minimum absolute atomic E-state index is 0.378. The van der Waals surface area contributed by atoms with Crippen molar-refractivity contribution in [2.24, 2.45) is 4.99 Å². The highest BCUT2D eigenvalue weighted by molar-refractivity contribution is 6.01. The van der Waals surface area contributed by atoms with E-state index in [9.17, 15) is 0 Å². The molecule has 0 saturated carbocycles. The summed E-state index contributed by atoms with van der Waals surface area (Å²) in [5.74, 6) is 0. The van der Waals surface area contributed by atoms with E-state index in [-0.39, 0.29) is 0 Å². The summed E-state index contributed by atoms with van der Waals surface area (Å²) in [6, 6.07) is 6.98. The summed E-state index contributed by atoms with van der Waals surface area (Å²) in [7, 11) is 0. The van der Waals surface area contributed by atoms with Crippen LogP contribution in [0.5, 0.6) is 0 Å². The van der Waals surface area contributed by atoms with Gasteiger partial charge in [-0.1, -0.05) is 35.9 Å². The van der Waals surface area contributed by atoms with E-state index in [0.29, 0.717) is 5.56 Å². The molecular weight excluding hydrogens is 158 g/mol. The zero-order chi connectivity index (χ0) is 11.6. The maximum absolute atomic E-state index is 7.28. The van der Waals surface area contributed by atoms with Crippen molar-refractivity contribution in [2.75, 3.05) is 0 Å². The number of rotatable bonds is 1. The van der Waals surface area contributed by atoms with Gasteiger partial charge in [-0.15, -0.1) is 0 Å². The highest BCUT2D eigenvalue weighted by atomic mass is 14.7. The van der Waals surface area contributed by atoms with Gasteiger partial charge in [-0.25, -0.2) is 0 Å². The molecule has 13 heavy (non-hydrogen) atoms. The Morgan fingerprint density at radius 3 is 2.77 bits per heavy atom. The summed E-state index contributed by atoms with van der Waals surface area (Å²) < 4.78 is 21.8. The van der Waals surface area contributed by atoms with Gasteiger partial charge in [0.15, 0.2) is 0 Å². The molecule has 1 aromatic rings. The molecule has 0 unspecified atom stereocenters. The molecule has 1 aliphatic rings. The Morgan fingerprint density at radius 2 is 2.15 bits per heavy atom. The molecule has 66 valence electrons. The van der Waals surface area contributed by atoms with Crippen LogP contribution in [0.15, 0.2) is 41.5 Å². The van der Waals surface area contributed by atoms with Crippen molar-refractivity contribution in [3.05, 3.63) is 47.7 Å². The van der Waals surface area contributed by atoms with Crippen LogP contribution >= 0.6 is 0 Å². The molecule has 0 aliphatic carbocycles. The maximum Gasteiger partial charge on any atom is 0.0478 e. The molecule has 0 atom stereocenters. The van der Waals surface area contributed by atoms with Crippen LogP contribution in [0.3, 0.4) is 0 Å². The van der Waals surface area contributed by atoms with Gasteiger partial charge in [-0.05, 0) is 25.3 Å². The highest BCUT2D eigenvalue weighted by Crippen LogP contribution is 2.12. The lowest BCUT2D eigenvalue weighted by Gasteiger charge is -2.07. The minimum Gasteiger partial charge on any atom is -0.261 e. The molecule has 2 rings (SSSR count). The first-order valence-corrected chi connectivity index (χ1v) is 4.40. The van der Waals surface area contributed by atoms with Crippen LogP contribution < -0.4 is 0 Å². The molecule has 1 aliphatic heterocycles. The molecule has 0 radical (unpaired) electrons. The van der Waals surface area contributed by atoms with Crippen LogP contribution in [-0.4, -0.2) is 5.71 Å². The van der Waals surface area contributed by atoms with E-state index in [0.717, 1.165) is 24.1 Å². The van der Waals surface area contributed by atoms with E-state index < -0.39 is 6.85 Å². The first-order chi connectivity index (χ1) is 7.57. The molecule has 1 aromatic carbocycles. The predicted octanol–water partition coefficient (Wildman–Crippen LogP) is 3.09. The molecule has 0 fully saturated rings. The van der Waals surface area contributed by atoms with Crippen LogP contribution in [0, 0.1) is 6.85 Å². The van der Waals surface area contributed by atoms with Crippen LogP contribution in [0.4, 0.5) is 0 Å². The Morgan fingerprint density at radius 1 is 1.31 bits per heavy atom. The quantitative estimate of drug-likeness (QED) is 0.620. The number of aryl methyl sites for hydroxylation is 1. The Balaban J connectivity index is 2.26. The summed E-state index contributed by atoms with van der Waals surface area (Å²) in [4.78, 5) is 4.29. The number of hydrogen-bond donors (Lipinski definition) is 0. The standard InChI is InChI=1S/C12H13N/c1-10-5-7-11(8-6-10)12-4-2-3-9-13-12/h3,5-9H,2,4H2,1H3/i1D3. The third-order valence-corrected chi connectivity index (χ3v) is 2.10. The summed E-state index contributed by atoms with van der Waals surface area (Å²) in [5.41, 5.74) is 2.42. The van der Waals surface area contributed by atoms with Crippen LogP contribution in [-0.2, 0) is 0 Å². The van der Waals surface area contributed by atoms with Gasteiger partial charge in [0.1, 0.15) is 0 Å². The third kappa shape index (κ3) is 1.86. The third-order valence-electron chi connectivity index (χ3n) is 2.10. The lowest BCUT2D eigenvalue weighted by Crippen LogP contribution is -2.01. The first kappa shape index (κ1) is 5.38. The fourth-order valence-corrected chi connectivity index (χ4v) is 1.38. The second-order valence-electron chi connectivity index (χ2n) is 3.08. The van der Waals surface area contributed by atoms with Crippen molar-refractivity contribution in [2.45, 2.75) is 19.7 Å². The fraction of sp³-hybridized carbons (Fsp3) is 0.250. The zero-order valence-corrected chi connectivity index (χ0v) is 7.33. The Bertz CT molecular complexity index is 427. The van der Waals surface area contributed by atoms with Gasteiger partial charge < -0.3 is 0 Å². The summed E-state index contributed by atoms with van der Waals surface area (Å²) in [6.07, 6.45) is 5.75. The normalized spacial score (nSPS) is 20.0. The zero-order valence-electron chi connectivity index (χ0n) is 10.3. The van der Waals surface area contributed by atoms with Gasteiger partial charge in [0, 0.05) is 16.0 Å². The van der Waals surface area contributed by atoms with Crippen molar-refractivity contribution in [1.29, 1.82) is 0 Å². The van der Waals surface area contributed by atoms with E-state index >= 15 is 0 Å². The van der Waals surface area contributed by atoms with Gasteiger partial charge in [-0.3, -0.25) is 4.99 Å². The molecule has 1 nitrogen and oxygen atoms in total.